The Morgan fingerprint density at radius 2 is 1.13 bits per heavy atom. The molecule has 0 fully saturated rings. The number of hydrogen-bond acceptors (Lipinski definition) is 0. The van der Waals surface area contributed by atoms with E-state index < -0.39 is 9.20 Å². The van der Waals surface area contributed by atoms with Crippen LogP contribution in [-0.2, 0) is 9.20 Å². The average Bonchev–Trinajstić information content (AvgIpc) is 2.48. The Bertz CT molecular complexity index is 585. The van der Waals surface area contributed by atoms with Gasteiger partial charge in [0.1, 0.15) is 5.92 Å². The SMILES string of the molecule is CC(C)[N+]#CC(c1ccccc1)c1ccccc1.[Cl][Fe-]([Cl])([Cl])[Cl]. The first-order valence-electron chi connectivity index (χ1n) is 6.86. The van der Waals surface area contributed by atoms with Gasteiger partial charge < -0.3 is 0 Å². The Labute approximate surface area is 157 Å². The van der Waals surface area contributed by atoms with Gasteiger partial charge in [-0.3, -0.25) is 0 Å². The average molecular weight is 434 g/mol. The topological polar surface area (TPSA) is 4.36 Å². The molecule has 0 radical (unpaired) electrons. The van der Waals surface area contributed by atoms with Crippen LogP contribution in [0.2, 0.25) is 0 Å². The fourth-order valence-electron chi connectivity index (χ4n) is 1.86. The summed E-state index contributed by atoms with van der Waals surface area (Å²) in [5, 5.41) is 0. The van der Waals surface area contributed by atoms with Gasteiger partial charge in [-0.1, -0.05) is 65.5 Å². The zero-order valence-electron chi connectivity index (χ0n) is 12.7. The van der Waals surface area contributed by atoms with Gasteiger partial charge in [-0.25, -0.2) is 0 Å². The summed E-state index contributed by atoms with van der Waals surface area (Å²) < 4.78 is 0. The van der Waals surface area contributed by atoms with E-state index in [1.165, 1.54) is 11.1 Å². The van der Waals surface area contributed by atoms with Gasteiger partial charge >= 0.3 is 49.6 Å². The van der Waals surface area contributed by atoms with E-state index in [0.717, 1.165) is 0 Å². The van der Waals surface area contributed by atoms with Crippen LogP contribution in [0.4, 0.5) is 0 Å². The molecule has 0 spiro atoms. The second-order valence-corrected chi connectivity index (χ2v) is 15.9. The predicted molar refractivity (Wildman–Crippen MR) is 101 cm³/mol. The Morgan fingerprint density at radius 3 is 1.43 bits per heavy atom. The van der Waals surface area contributed by atoms with Crippen LogP contribution in [0.1, 0.15) is 30.9 Å². The maximum atomic E-state index is 4.95. The third kappa shape index (κ3) is 10.2. The Kier molecular flexibility index (Phi) is 9.40. The van der Waals surface area contributed by atoms with Crippen molar-refractivity contribution in [2.75, 3.05) is 0 Å². The van der Waals surface area contributed by atoms with Crippen molar-refractivity contribution in [2.24, 2.45) is 0 Å². The summed E-state index contributed by atoms with van der Waals surface area (Å²) in [7, 11) is 17.2. The minimum atomic E-state index is -2.61. The van der Waals surface area contributed by atoms with Crippen molar-refractivity contribution in [3.05, 3.63) is 76.6 Å². The van der Waals surface area contributed by atoms with Crippen molar-refractivity contribution in [1.82, 2.24) is 0 Å². The molecule has 2 rings (SSSR count). The van der Waals surface area contributed by atoms with E-state index in [0.29, 0.717) is 0 Å². The Hall–Kier alpha value is -0.391. The molecule has 2 aromatic carbocycles. The molecule has 0 aliphatic rings. The Morgan fingerprint density at radius 1 is 0.783 bits per heavy atom. The normalized spacial score (nSPS) is 11.3. The van der Waals surface area contributed by atoms with Gasteiger partial charge in [0.15, 0.2) is 0 Å². The molecule has 1 nitrogen and oxygen atoms in total. The fraction of sp³-hybridized carbons (Fsp3) is 0.235. The van der Waals surface area contributed by atoms with Gasteiger partial charge in [-0.2, -0.15) is 0 Å². The van der Waals surface area contributed by atoms with Gasteiger partial charge in [0.05, 0.1) is 0 Å². The molecule has 0 unspecified atom stereocenters. The van der Waals surface area contributed by atoms with Gasteiger partial charge in [0.25, 0.3) is 12.1 Å². The third-order valence-corrected chi connectivity index (χ3v) is 2.73. The summed E-state index contributed by atoms with van der Waals surface area (Å²) in [6.07, 6.45) is 0. The molecule has 0 saturated heterocycles. The molecule has 127 valence electrons. The molecule has 0 N–H and O–H groups in total. The van der Waals surface area contributed by atoms with Crippen LogP contribution in [0.5, 0.6) is 0 Å². The molecule has 6 heteroatoms. The van der Waals surface area contributed by atoms with Gasteiger partial charge in [0.2, 0.25) is 0 Å². The molecular weight excluding hydrogens is 416 g/mol. The summed E-state index contributed by atoms with van der Waals surface area (Å²) >= 11 is 0. The zero-order valence-corrected chi connectivity index (χ0v) is 16.9. The van der Waals surface area contributed by atoms with Gasteiger partial charge in [-0.05, 0) is 11.1 Å². The summed E-state index contributed by atoms with van der Waals surface area (Å²) in [5.74, 6) is 0.120. The van der Waals surface area contributed by atoms with Crippen molar-refractivity contribution in [1.29, 1.82) is 0 Å². The van der Waals surface area contributed by atoms with Crippen molar-refractivity contribution in [3.8, 4) is 6.07 Å². The number of halogens is 4. The van der Waals surface area contributed by atoms with E-state index in [1.807, 2.05) is 12.1 Å². The second kappa shape index (κ2) is 10.5. The predicted octanol–water partition coefficient (Wildman–Crippen LogP) is 7.32. The number of benzene rings is 2. The number of rotatable bonds is 2. The number of hydrogen-bond donors (Lipinski definition) is 0. The van der Waals surface area contributed by atoms with Crippen molar-refractivity contribution in [3.63, 3.8) is 0 Å². The van der Waals surface area contributed by atoms with Crippen LogP contribution < -0.4 is 0 Å². The quantitative estimate of drug-likeness (QED) is 0.437. The first-order chi connectivity index (χ1) is 10.8. The van der Waals surface area contributed by atoms with Crippen LogP contribution in [0.25, 0.3) is 4.85 Å². The molecular formula is C17H18Cl4FeN. The van der Waals surface area contributed by atoms with E-state index >= 15 is 0 Å². The molecule has 0 amide bonds. The van der Waals surface area contributed by atoms with E-state index in [2.05, 4.69) is 73.3 Å². The number of nitrogens with zero attached hydrogens (tertiary/aromatic N) is 1. The molecule has 0 heterocycles. The van der Waals surface area contributed by atoms with Gasteiger partial charge in [-0.15, -0.1) is 0 Å². The Balaban J connectivity index is 0.000000463. The van der Waals surface area contributed by atoms with Crippen LogP contribution in [0.15, 0.2) is 60.7 Å². The van der Waals surface area contributed by atoms with Crippen molar-refractivity contribution in [2.45, 2.75) is 25.8 Å². The molecule has 0 aliphatic heterocycles. The van der Waals surface area contributed by atoms with Gasteiger partial charge in [0, 0.05) is 13.8 Å². The first kappa shape index (κ1) is 20.7. The molecule has 0 bridgehead atoms. The van der Waals surface area contributed by atoms with Crippen molar-refractivity contribution < 1.29 is 9.20 Å². The van der Waals surface area contributed by atoms with Crippen LogP contribution in [-0.4, -0.2) is 6.04 Å². The van der Waals surface area contributed by atoms with E-state index in [-0.39, 0.29) is 12.0 Å². The zero-order chi connectivity index (χ0) is 17.3. The van der Waals surface area contributed by atoms with Crippen LogP contribution in [0, 0.1) is 6.07 Å². The monoisotopic (exact) mass is 432 g/mol. The molecule has 23 heavy (non-hydrogen) atoms. The van der Waals surface area contributed by atoms with E-state index in [4.69, 9.17) is 40.4 Å². The van der Waals surface area contributed by atoms with Crippen molar-refractivity contribution >= 4 is 40.4 Å². The maximum absolute atomic E-state index is 4.95. The summed E-state index contributed by atoms with van der Waals surface area (Å²) in [5.41, 5.74) is 2.46. The first-order valence-corrected chi connectivity index (χ1v) is 12.9. The van der Waals surface area contributed by atoms with Crippen LogP contribution >= 0.6 is 40.4 Å². The molecule has 0 aliphatic carbocycles. The van der Waals surface area contributed by atoms with E-state index in [1.54, 1.807) is 0 Å². The summed E-state index contributed by atoms with van der Waals surface area (Å²) in [4.78, 5) is 4.43. The van der Waals surface area contributed by atoms with E-state index in [9.17, 15) is 0 Å². The summed E-state index contributed by atoms with van der Waals surface area (Å²) in [6.45, 7) is 4.14. The molecule has 0 saturated carbocycles. The standard InChI is InChI=1S/C17H18N.4ClH.Fe/c1-14(2)18-13-17(15-9-5-3-6-10-15)16-11-7-4-8-12-16;;;;;/h3-12,14,17H,1-2H3;4*1H;/q+1;;;;;+3/p-4. The molecule has 0 atom stereocenters. The third-order valence-electron chi connectivity index (χ3n) is 2.73. The molecule has 0 aromatic heterocycles. The second-order valence-electron chi connectivity index (χ2n) is 4.91. The fourth-order valence-corrected chi connectivity index (χ4v) is 1.86. The summed E-state index contributed by atoms with van der Waals surface area (Å²) in [6, 6.07) is 24.4. The minimum absolute atomic E-state index is 0.120. The van der Waals surface area contributed by atoms with Crippen LogP contribution in [0.3, 0.4) is 0 Å². The molecule has 2 aromatic rings.